The van der Waals surface area contributed by atoms with Gasteiger partial charge in [-0.1, -0.05) is 180 Å². The van der Waals surface area contributed by atoms with Crippen LogP contribution >= 0.6 is 15.2 Å². The Balaban J connectivity index is 0.000000206. The summed E-state index contributed by atoms with van der Waals surface area (Å²) < 4.78 is 40.5. The van der Waals surface area contributed by atoms with Crippen molar-refractivity contribution in [1.29, 1.82) is 0 Å². The molecule has 0 amide bonds. The van der Waals surface area contributed by atoms with E-state index in [0.717, 1.165) is 92.2 Å². The zero-order valence-electron chi connectivity index (χ0n) is 48.9. The summed E-state index contributed by atoms with van der Waals surface area (Å²) in [7, 11) is -8.41. The highest BCUT2D eigenvalue weighted by atomic mass is 31.2. The summed E-state index contributed by atoms with van der Waals surface area (Å²) in [6.45, 7) is 32.3. The van der Waals surface area contributed by atoms with Crippen LogP contribution in [0, 0.1) is 0 Å². The van der Waals surface area contributed by atoms with Gasteiger partial charge < -0.3 is 27.8 Å². The van der Waals surface area contributed by atoms with Crippen molar-refractivity contribution in [1.82, 2.24) is 0 Å². The van der Waals surface area contributed by atoms with Crippen molar-refractivity contribution in [3.05, 3.63) is 117 Å². The van der Waals surface area contributed by atoms with Gasteiger partial charge in [0.15, 0.2) is 15.2 Å². The molecule has 4 aliphatic carbocycles. The zero-order valence-corrected chi connectivity index (χ0v) is 50.6. The van der Waals surface area contributed by atoms with E-state index in [1.165, 1.54) is 164 Å². The molecule has 5 aromatic carbocycles. The van der Waals surface area contributed by atoms with E-state index in [4.69, 9.17) is 9.05 Å². The molecule has 0 saturated carbocycles. The molecule has 418 valence electrons. The molecular weight excluding hydrogens is 979 g/mol. The number of quaternary nitrogens is 2. The molecule has 0 spiro atoms. The lowest BCUT2D eigenvalue weighted by Crippen LogP contribution is -2.50. The van der Waals surface area contributed by atoms with Crippen molar-refractivity contribution in [3.63, 3.8) is 0 Å². The van der Waals surface area contributed by atoms with Crippen molar-refractivity contribution in [3.8, 4) is 11.5 Å². The van der Waals surface area contributed by atoms with Gasteiger partial charge in [0.2, 0.25) is 0 Å². The number of unbranched alkanes of at least 4 members (excludes halogenated alkanes) is 8. The van der Waals surface area contributed by atoms with E-state index in [1.54, 1.807) is 0 Å². The minimum atomic E-state index is -4.21. The van der Waals surface area contributed by atoms with Crippen LogP contribution in [-0.4, -0.2) is 74.7 Å². The highest BCUT2D eigenvalue weighted by Gasteiger charge is 2.53. The lowest BCUT2D eigenvalue weighted by Gasteiger charge is -2.39. The highest BCUT2D eigenvalue weighted by molar-refractivity contribution is 7.51. The molecule has 76 heavy (non-hydrogen) atoms. The Labute approximate surface area is 460 Å². The molecule has 0 aromatic heterocycles. The van der Waals surface area contributed by atoms with E-state index >= 15 is 0 Å². The molecule has 9 rings (SSSR count). The number of hydrogen-bond donors (Lipinski definition) is 0. The van der Waals surface area contributed by atoms with Gasteiger partial charge in [-0.2, -0.15) is 0 Å². The van der Waals surface area contributed by atoms with Crippen LogP contribution in [0.1, 0.15) is 239 Å². The third kappa shape index (κ3) is 13.9. The van der Waals surface area contributed by atoms with Crippen molar-refractivity contribution in [2.45, 2.75) is 195 Å². The van der Waals surface area contributed by atoms with E-state index in [1.807, 2.05) is 24.3 Å². The van der Waals surface area contributed by atoms with Crippen molar-refractivity contribution >= 4 is 36.7 Å². The third-order valence-electron chi connectivity index (χ3n) is 17.7. The Hall–Kier alpha value is -3.48. The molecule has 10 heteroatoms. The molecular formula is C66H98N2O6P2. The number of fused-ring (bicyclic) bond motifs is 18. The SMILES string of the molecule is CCCC[N+](CCCC)(CCCC)CCCC.CCCC[N+](CCCC)(CCCC)CCCC.CP(=O)([O-])Oc1c2c(c(OP(C)(=O)[O-])c3c1[C@H]1C[C@@H]3c3cc4ccccc4cc31)[C@H]1C[C@@H]2c2cc3ccccc3cc21. The first kappa shape index (κ1) is 60.2. The first-order chi connectivity index (χ1) is 36.5. The Kier molecular flexibility index (Phi) is 21.5. The third-order valence-corrected chi connectivity index (χ3v) is 18.7. The Morgan fingerprint density at radius 1 is 0.395 bits per heavy atom. The Bertz CT molecular complexity index is 2410. The maximum absolute atomic E-state index is 12.8. The molecule has 0 N–H and O–H groups in total. The maximum Gasteiger partial charge on any atom is 0.181 e. The number of nitrogens with zero attached hydrogens (tertiary/aromatic N) is 2. The zero-order chi connectivity index (χ0) is 54.7. The van der Waals surface area contributed by atoms with Gasteiger partial charge in [0, 0.05) is 59.3 Å². The van der Waals surface area contributed by atoms with Crippen molar-refractivity contribution < 1.29 is 36.9 Å². The van der Waals surface area contributed by atoms with E-state index < -0.39 is 15.2 Å². The van der Waals surface area contributed by atoms with Crippen molar-refractivity contribution in [2.24, 2.45) is 0 Å². The average molecular weight is 1080 g/mol. The van der Waals surface area contributed by atoms with Gasteiger partial charge in [-0.05, 0) is 108 Å². The molecule has 4 bridgehead atoms. The summed E-state index contributed by atoms with van der Waals surface area (Å²) in [4.78, 5) is 25.7. The molecule has 4 aliphatic rings. The Morgan fingerprint density at radius 2 is 0.592 bits per heavy atom. The topological polar surface area (TPSA) is 98.7 Å². The second kappa shape index (κ2) is 27.1. The fourth-order valence-corrected chi connectivity index (χ4v) is 14.9. The predicted octanol–water partition coefficient (Wildman–Crippen LogP) is 17.1. The van der Waals surface area contributed by atoms with Gasteiger partial charge in [-0.25, -0.2) is 0 Å². The van der Waals surface area contributed by atoms with Gasteiger partial charge in [-0.15, -0.1) is 0 Å². The average Bonchev–Trinajstić information content (AvgIpc) is 4.33. The fraction of sp³-hybridized carbons (Fsp3) is 0.606. The van der Waals surface area contributed by atoms with Crippen LogP contribution in [-0.2, 0) is 9.13 Å². The van der Waals surface area contributed by atoms with Crippen LogP contribution in [0.15, 0.2) is 72.8 Å². The smallest absolute Gasteiger partial charge is 0.181 e. The number of benzene rings is 5. The molecule has 0 saturated heterocycles. The summed E-state index contributed by atoms with van der Waals surface area (Å²) in [5, 5.41) is 4.47. The lowest BCUT2D eigenvalue weighted by atomic mass is 9.77. The maximum atomic E-state index is 12.8. The molecule has 0 radical (unpaired) electrons. The van der Waals surface area contributed by atoms with Crippen LogP contribution in [0.4, 0.5) is 0 Å². The van der Waals surface area contributed by atoms with Crippen LogP contribution in [0.5, 0.6) is 11.5 Å². The number of hydrogen-bond acceptors (Lipinski definition) is 6. The van der Waals surface area contributed by atoms with Gasteiger partial charge >= 0.3 is 0 Å². The second-order valence-electron chi connectivity index (χ2n) is 23.7. The van der Waals surface area contributed by atoms with Gasteiger partial charge in [0.25, 0.3) is 0 Å². The minimum absolute atomic E-state index is 0.114. The van der Waals surface area contributed by atoms with Crippen LogP contribution in [0.2, 0.25) is 0 Å². The molecule has 5 aromatic rings. The molecule has 6 atom stereocenters. The van der Waals surface area contributed by atoms with Crippen molar-refractivity contribution in [2.75, 3.05) is 65.7 Å². The van der Waals surface area contributed by atoms with E-state index in [-0.39, 0.29) is 23.7 Å². The van der Waals surface area contributed by atoms with Gasteiger partial charge in [-0.3, -0.25) is 9.13 Å². The lowest BCUT2D eigenvalue weighted by molar-refractivity contribution is -0.929. The largest absolute Gasteiger partial charge is 0.769 e. The van der Waals surface area contributed by atoms with Gasteiger partial charge in [0.1, 0.15) is 11.5 Å². The summed E-state index contributed by atoms with van der Waals surface area (Å²) in [5.74, 6) is 0.327. The molecule has 8 nitrogen and oxygen atoms in total. The van der Waals surface area contributed by atoms with E-state index in [9.17, 15) is 18.9 Å². The summed E-state index contributed by atoms with van der Waals surface area (Å²) in [5.41, 5.74) is 7.70. The summed E-state index contributed by atoms with van der Waals surface area (Å²) in [6, 6.07) is 25.2. The quantitative estimate of drug-likeness (QED) is 0.0365. The normalized spacial score (nSPS) is 19.2. The minimum Gasteiger partial charge on any atom is -0.769 e. The predicted molar refractivity (Wildman–Crippen MR) is 318 cm³/mol. The van der Waals surface area contributed by atoms with Gasteiger partial charge in [0.05, 0.1) is 52.4 Å². The molecule has 0 aliphatic heterocycles. The van der Waals surface area contributed by atoms with Crippen LogP contribution in [0.3, 0.4) is 0 Å². The van der Waals surface area contributed by atoms with E-state index in [0.29, 0.717) is 11.5 Å². The molecule has 0 heterocycles. The van der Waals surface area contributed by atoms with Crippen LogP contribution < -0.4 is 18.8 Å². The monoisotopic (exact) mass is 1080 g/mol. The number of rotatable bonds is 28. The first-order valence-electron chi connectivity index (χ1n) is 30.5. The summed E-state index contributed by atoms with van der Waals surface area (Å²) in [6.07, 6.45) is 23.6. The summed E-state index contributed by atoms with van der Waals surface area (Å²) >= 11 is 0. The Morgan fingerprint density at radius 3 is 0.763 bits per heavy atom. The fourth-order valence-electron chi connectivity index (χ4n) is 13.8. The van der Waals surface area contributed by atoms with E-state index in [2.05, 4.69) is 104 Å². The molecule has 0 fully saturated rings. The van der Waals surface area contributed by atoms with Crippen LogP contribution in [0.25, 0.3) is 21.5 Å². The second-order valence-corrected chi connectivity index (χ2v) is 27.1. The first-order valence-corrected chi connectivity index (χ1v) is 34.5. The molecule has 2 unspecified atom stereocenters. The standard InChI is InChI=1S/C34H28O6P2.2C16H36N/c1-41(35,36)39-33-29-25-15-27(23-13-19-9-5-3-7-17(19)11-21(23)25)31(29)34(40-42(2,37)38)32-28-16-26(30(32)33)22-12-18-8-4-6-10-20(18)14-24(22)28;2*1-5-9-13-17(14-10-6-2,15-11-7-3)16-12-8-4/h3-14,25-28H,15-16H2,1-2H3,(H,35,36)(H,37,38);2*5-16H2,1-4H3/q;2*+1/p-2/t25-,26+,27+,28-;;. The highest BCUT2D eigenvalue weighted by Crippen LogP contribution is 2.71.